The van der Waals surface area contributed by atoms with Crippen molar-refractivity contribution in [1.82, 2.24) is 10.3 Å². The first kappa shape index (κ1) is 21.8. The van der Waals surface area contributed by atoms with Gasteiger partial charge in [-0.05, 0) is 68.1 Å². The highest BCUT2D eigenvalue weighted by atomic mass is 35.5. The number of aromatic nitrogens is 1. The summed E-state index contributed by atoms with van der Waals surface area (Å²) in [5.74, 6) is 1.38. The van der Waals surface area contributed by atoms with E-state index in [4.69, 9.17) is 16.3 Å². The van der Waals surface area contributed by atoms with Crippen LogP contribution in [0.15, 0.2) is 42.6 Å². The van der Waals surface area contributed by atoms with E-state index < -0.39 is 0 Å². The standard InChI is InChI=1S/C19H20ClN3O2.2ClH/c20-13-1-4-15(5-2-13)25-17-6-3-14(12-22-17)23-18(24)16-11-19(16)7-9-21-10-8-19;;/h1-6,12,16,21H,7-11H2,(H,23,24);2*1H. The van der Waals surface area contributed by atoms with Crippen molar-refractivity contribution in [3.8, 4) is 11.6 Å². The smallest absolute Gasteiger partial charge is 0.228 e. The molecule has 1 saturated carbocycles. The van der Waals surface area contributed by atoms with Crippen LogP contribution in [0.5, 0.6) is 11.6 Å². The van der Waals surface area contributed by atoms with Crippen molar-refractivity contribution in [2.75, 3.05) is 18.4 Å². The molecule has 2 aliphatic rings. The summed E-state index contributed by atoms with van der Waals surface area (Å²) in [5.41, 5.74) is 0.935. The fourth-order valence-electron chi connectivity index (χ4n) is 3.56. The van der Waals surface area contributed by atoms with Gasteiger partial charge in [0.15, 0.2) is 0 Å². The van der Waals surface area contributed by atoms with Crippen molar-refractivity contribution < 1.29 is 9.53 Å². The number of hydrogen-bond donors (Lipinski definition) is 2. The molecule has 0 bridgehead atoms. The number of hydrogen-bond acceptors (Lipinski definition) is 4. The summed E-state index contributed by atoms with van der Waals surface area (Å²) in [7, 11) is 0. The number of ether oxygens (including phenoxy) is 1. The minimum absolute atomic E-state index is 0. The number of rotatable bonds is 4. The Hall–Kier alpha value is -1.53. The summed E-state index contributed by atoms with van der Waals surface area (Å²) in [6.07, 6.45) is 4.82. The van der Waals surface area contributed by atoms with Gasteiger partial charge in [-0.2, -0.15) is 0 Å². The first-order valence-corrected chi connectivity index (χ1v) is 8.94. The second-order valence-corrected chi connectivity index (χ2v) is 7.24. The number of benzene rings is 1. The molecule has 1 saturated heterocycles. The molecule has 1 aromatic carbocycles. The van der Waals surface area contributed by atoms with Crippen LogP contribution in [0.3, 0.4) is 0 Å². The molecule has 4 rings (SSSR count). The lowest BCUT2D eigenvalue weighted by atomic mass is 9.92. The van der Waals surface area contributed by atoms with Crippen LogP contribution in [0.2, 0.25) is 5.02 Å². The van der Waals surface area contributed by atoms with Gasteiger partial charge in [0, 0.05) is 17.0 Å². The molecule has 2 N–H and O–H groups in total. The van der Waals surface area contributed by atoms with Gasteiger partial charge in [0.2, 0.25) is 11.8 Å². The molecule has 1 aliphatic carbocycles. The number of anilines is 1. The fraction of sp³-hybridized carbons (Fsp3) is 0.368. The highest BCUT2D eigenvalue weighted by Crippen LogP contribution is 2.58. The summed E-state index contributed by atoms with van der Waals surface area (Å²) in [5, 5.41) is 6.99. The SMILES string of the molecule is Cl.Cl.O=C(Nc1ccc(Oc2ccc(Cl)cc2)nc1)C1CC12CCNCC2. The summed E-state index contributed by atoms with van der Waals surface area (Å²) < 4.78 is 5.65. The zero-order chi connectivity index (χ0) is 17.3. The second kappa shape index (κ2) is 9.11. The average Bonchev–Trinajstić information content (AvgIpc) is 3.32. The van der Waals surface area contributed by atoms with Crippen molar-refractivity contribution in [2.45, 2.75) is 19.3 Å². The highest BCUT2D eigenvalue weighted by Gasteiger charge is 2.57. The minimum atomic E-state index is 0. The molecule has 1 amide bonds. The second-order valence-electron chi connectivity index (χ2n) is 6.80. The van der Waals surface area contributed by atoms with E-state index in [1.807, 2.05) is 6.07 Å². The van der Waals surface area contributed by atoms with Crippen LogP contribution in [0, 0.1) is 11.3 Å². The van der Waals surface area contributed by atoms with Gasteiger partial charge < -0.3 is 15.4 Å². The van der Waals surface area contributed by atoms with Crippen molar-refractivity contribution in [2.24, 2.45) is 11.3 Å². The van der Waals surface area contributed by atoms with Crippen molar-refractivity contribution in [3.63, 3.8) is 0 Å². The maximum Gasteiger partial charge on any atom is 0.228 e. The summed E-state index contributed by atoms with van der Waals surface area (Å²) >= 11 is 5.85. The van der Waals surface area contributed by atoms with Crippen LogP contribution in [-0.2, 0) is 4.79 Å². The fourth-order valence-corrected chi connectivity index (χ4v) is 3.69. The normalized spacial score (nSPS) is 19.4. The molecule has 1 spiro atoms. The summed E-state index contributed by atoms with van der Waals surface area (Å²) in [6.45, 7) is 2.03. The number of piperidine rings is 1. The minimum Gasteiger partial charge on any atom is -0.439 e. The van der Waals surface area contributed by atoms with E-state index in [2.05, 4.69) is 15.6 Å². The largest absolute Gasteiger partial charge is 0.439 e. The van der Waals surface area contributed by atoms with Crippen LogP contribution in [0.25, 0.3) is 0 Å². The Morgan fingerprint density at radius 3 is 2.48 bits per heavy atom. The third-order valence-corrected chi connectivity index (χ3v) is 5.40. The van der Waals surface area contributed by atoms with Crippen LogP contribution >= 0.6 is 36.4 Å². The molecule has 2 heterocycles. The van der Waals surface area contributed by atoms with Gasteiger partial charge in [-0.3, -0.25) is 4.79 Å². The molecule has 5 nitrogen and oxygen atoms in total. The Morgan fingerprint density at radius 2 is 1.85 bits per heavy atom. The number of nitrogens with zero attached hydrogens (tertiary/aromatic N) is 1. The van der Waals surface area contributed by atoms with Crippen LogP contribution in [0.4, 0.5) is 5.69 Å². The van der Waals surface area contributed by atoms with E-state index in [0.717, 1.165) is 32.4 Å². The summed E-state index contributed by atoms with van der Waals surface area (Å²) in [4.78, 5) is 16.7. The van der Waals surface area contributed by atoms with Crippen LogP contribution in [-0.4, -0.2) is 24.0 Å². The molecular weight excluding hydrogens is 409 g/mol. The van der Waals surface area contributed by atoms with Gasteiger partial charge in [-0.15, -0.1) is 24.8 Å². The van der Waals surface area contributed by atoms with Gasteiger partial charge in [0.1, 0.15) is 5.75 Å². The van der Waals surface area contributed by atoms with Gasteiger partial charge in [-0.1, -0.05) is 11.6 Å². The van der Waals surface area contributed by atoms with Gasteiger partial charge in [-0.25, -0.2) is 4.98 Å². The Labute approximate surface area is 176 Å². The Bertz CT molecular complexity index is 763. The molecule has 1 unspecified atom stereocenters. The lowest BCUT2D eigenvalue weighted by Crippen LogP contribution is -2.31. The number of carbonyl (C=O) groups is 1. The zero-order valence-electron chi connectivity index (χ0n) is 14.6. The Balaban J connectivity index is 0.00000131. The number of nitrogens with one attached hydrogen (secondary N) is 2. The van der Waals surface area contributed by atoms with E-state index in [0.29, 0.717) is 22.3 Å². The molecule has 1 atom stereocenters. The number of carbonyl (C=O) groups excluding carboxylic acids is 1. The molecular formula is C19H22Cl3N3O2. The molecule has 8 heteroatoms. The van der Waals surface area contributed by atoms with Crippen molar-refractivity contribution >= 4 is 48.0 Å². The van der Waals surface area contributed by atoms with Crippen LogP contribution in [0.1, 0.15) is 19.3 Å². The molecule has 146 valence electrons. The maximum absolute atomic E-state index is 12.5. The third-order valence-electron chi connectivity index (χ3n) is 5.15. The molecule has 27 heavy (non-hydrogen) atoms. The van der Waals surface area contributed by atoms with Gasteiger partial charge in [0.25, 0.3) is 0 Å². The number of halogens is 3. The van der Waals surface area contributed by atoms with E-state index in [1.54, 1.807) is 36.5 Å². The predicted octanol–water partition coefficient (Wildman–Crippen LogP) is 4.70. The quantitative estimate of drug-likeness (QED) is 0.738. The molecule has 1 aromatic heterocycles. The van der Waals surface area contributed by atoms with E-state index in [9.17, 15) is 4.79 Å². The van der Waals surface area contributed by atoms with Crippen LogP contribution < -0.4 is 15.4 Å². The number of amides is 1. The topological polar surface area (TPSA) is 63.2 Å². The Morgan fingerprint density at radius 1 is 1.15 bits per heavy atom. The van der Waals surface area contributed by atoms with E-state index in [1.165, 1.54) is 0 Å². The molecule has 1 aliphatic heterocycles. The molecule has 0 radical (unpaired) electrons. The molecule has 2 fully saturated rings. The first-order valence-electron chi connectivity index (χ1n) is 8.56. The van der Waals surface area contributed by atoms with E-state index in [-0.39, 0.29) is 42.1 Å². The van der Waals surface area contributed by atoms with Gasteiger partial charge in [0.05, 0.1) is 11.9 Å². The van der Waals surface area contributed by atoms with E-state index >= 15 is 0 Å². The summed E-state index contributed by atoms with van der Waals surface area (Å²) in [6, 6.07) is 10.6. The Kier molecular flexibility index (Phi) is 7.34. The zero-order valence-corrected chi connectivity index (χ0v) is 17.0. The van der Waals surface area contributed by atoms with Crippen molar-refractivity contribution in [3.05, 3.63) is 47.6 Å². The lowest BCUT2D eigenvalue weighted by Gasteiger charge is -2.23. The van der Waals surface area contributed by atoms with Gasteiger partial charge >= 0.3 is 0 Å². The lowest BCUT2D eigenvalue weighted by molar-refractivity contribution is -0.118. The third kappa shape index (κ3) is 5.05. The predicted molar refractivity (Wildman–Crippen MR) is 112 cm³/mol. The average molecular weight is 431 g/mol. The maximum atomic E-state index is 12.5. The highest BCUT2D eigenvalue weighted by molar-refractivity contribution is 6.30. The monoisotopic (exact) mass is 429 g/mol. The van der Waals surface area contributed by atoms with Crippen molar-refractivity contribution in [1.29, 1.82) is 0 Å². The molecule has 2 aromatic rings. The number of pyridine rings is 1. The first-order chi connectivity index (χ1) is 12.1.